The molecule has 0 heteroatoms. The maximum atomic E-state index is 2.40. The van der Waals surface area contributed by atoms with E-state index in [0.717, 1.165) is 0 Å². The Morgan fingerprint density at radius 2 is 1.53 bits per heavy atom. The van der Waals surface area contributed by atoms with Gasteiger partial charge in [0.1, 0.15) is 5.56 Å². The Hall–Kier alpha value is -2.21. The van der Waals surface area contributed by atoms with Crippen molar-refractivity contribution in [3.05, 3.63) is 66.1 Å². The SMILES string of the molecule is c1cc2ccc3ccc4c5c(cc(c1)c2c35)CC[CH+]4. The van der Waals surface area contributed by atoms with E-state index in [1.54, 1.807) is 0 Å². The molecule has 0 nitrogen and oxygen atoms in total. The van der Waals surface area contributed by atoms with Crippen molar-refractivity contribution in [2.75, 3.05) is 0 Å². The number of aryl methyl sites for hydroxylation is 1. The summed E-state index contributed by atoms with van der Waals surface area (Å²) in [7, 11) is 0. The van der Waals surface area contributed by atoms with Crippen molar-refractivity contribution in [1.82, 2.24) is 0 Å². The lowest BCUT2D eigenvalue weighted by molar-refractivity contribution is 0.943. The summed E-state index contributed by atoms with van der Waals surface area (Å²) < 4.78 is 0. The molecule has 0 N–H and O–H groups in total. The van der Waals surface area contributed by atoms with Crippen LogP contribution in [0.5, 0.6) is 0 Å². The molecule has 0 saturated carbocycles. The summed E-state index contributed by atoms with van der Waals surface area (Å²) >= 11 is 0. The monoisotopic (exact) mass is 241 g/mol. The molecule has 0 aromatic heterocycles. The summed E-state index contributed by atoms with van der Waals surface area (Å²) in [5, 5.41) is 8.53. The van der Waals surface area contributed by atoms with Gasteiger partial charge in [0.15, 0.2) is 0 Å². The van der Waals surface area contributed by atoms with Crippen LogP contribution in [-0.4, -0.2) is 0 Å². The van der Waals surface area contributed by atoms with Gasteiger partial charge in [-0.1, -0.05) is 30.3 Å². The summed E-state index contributed by atoms with van der Waals surface area (Å²) in [6, 6.07) is 18.1. The van der Waals surface area contributed by atoms with Crippen molar-refractivity contribution in [3.8, 4) is 0 Å². The number of hydrogen-bond donors (Lipinski definition) is 0. The molecule has 0 aliphatic heterocycles. The van der Waals surface area contributed by atoms with E-state index in [1.165, 1.54) is 56.3 Å². The first-order chi connectivity index (χ1) is 9.42. The average Bonchev–Trinajstić information content (AvgIpc) is 2.47. The fourth-order valence-corrected chi connectivity index (χ4v) is 3.72. The maximum absolute atomic E-state index is 2.40. The van der Waals surface area contributed by atoms with Gasteiger partial charge in [0, 0.05) is 47.7 Å². The average molecular weight is 241 g/mol. The zero-order valence-electron chi connectivity index (χ0n) is 10.6. The molecule has 0 atom stereocenters. The molecule has 1 aliphatic carbocycles. The van der Waals surface area contributed by atoms with Crippen molar-refractivity contribution in [2.45, 2.75) is 12.8 Å². The van der Waals surface area contributed by atoms with Crippen LogP contribution in [0.15, 0.2) is 48.5 Å². The fraction of sp³-hybridized carbons (Fsp3) is 0.105. The molecule has 5 rings (SSSR count). The van der Waals surface area contributed by atoms with Gasteiger partial charge in [-0.2, -0.15) is 0 Å². The lowest BCUT2D eigenvalue weighted by Crippen LogP contribution is -2.00. The van der Waals surface area contributed by atoms with E-state index < -0.39 is 0 Å². The Labute approximate surface area is 112 Å². The zero-order chi connectivity index (χ0) is 12.4. The van der Waals surface area contributed by atoms with Gasteiger partial charge < -0.3 is 0 Å². The highest BCUT2D eigenvalue weighted by molar-refractivity contribution is 6.24. The topological polar surface area (TPSA) is 0 Å². The molecule has 0 saturated heterocycles. The second-order valence-electron chi connectivity index (χ2n) is 5.55. The van der Waals surface area contributed by atoms with E-state index in [1.807, 2.05) is 0 Å². The van der Waals surface area contributed by atoms with Crippen LogP contribution in [0.4, 0.5) is 0 Å². The predicted octanol–water partition coefficient (Wildman–Crippen LogP) is 5.08. The minimum absolute atomic E-state index is 1.17. The molecule has 0 fully saturated rings. The molecule has 0 unspecified atom stereocenters. The van der Waals surface area contributed by atoms with E-state index in [4.69, 9.17) is 0 Å². The molecule has 1 aliphatic rings. The Balaban J connectivity index is 2.21. The minimum Gasteiger partial charge on any atom is -0.0610 e. The Morgan fingerprint density at radius 3 is 2.47 bits per heavy atom. The summed E-state index contributed by atoms with van der Waals surface area (Å²) in [6.45, 7) is 0. The third-order valence-electron chi connectivity index (χ3n) is 4.52. The quantitative estimate of drug-likeness (QED) is 0.297. The van der Waals surface area contributed by atoms with E-state index in [2.05, 4.69) is 55.0 Å². The summed E-state index contributed by atoms with van der Waals surface area (Å²) in [4.78, 5) is 0. The van der Waals surface area contributed by atoms with Gasteiger partial charge in [-0.15, -0.1) is 0 Å². The predicted molar refractivity (Wildman–Crippen MR) is 81.9 cm³/mol. The highest BCUT2D eigenvalue weighted by atomic mass is 14.2. The number of hydrogen-bond acceptors (Lipinski definition) is 0. The second kappa shape index (κ2) is 3.21. The lowest BCUT2D eigenvalue weighted by atomic mass is 9.83. The summed E-state index contributed by atoms with van der Waals surface area (Å²) in [5.41, 5.74) is 2.95. The number of rotatable bonds is 0. The van der Waals surface area contributed by atoms with Gasteiger partial charge in [0.2, 0.25) is 0 Å². The van der Waals surface area contributed by atoms with Crippen LogP contribution in [0.3, 0.4) is 0 Å². The largest absolute Gasteiger partial charge is 0.138 e. The Morgan fingerprint density at radius 1 is 0.737 bits per heavy atom. The second-order valence-corrected chi connectivity index (χ2v) is 5.55. The molecule has 0 amide bonds. The van der Waals surface area contributed by atoms with Gasteiger partial charge in [0.05, 0.1) is 10.8 Å². The molecule has 19 heavy (non-hydrogen) atoms. The first-order valence-electron chi connectivity index (χ1n) is 6.94. The summed E-state index contributed by atoms with van der Waals surface area (Å²) in [6.07, 6.45) is 4.73. The van der Waals surface area contributed by atoms with Gasteiger partial charge in [-0.05, 0) is 16.8 Å². The van der Waals surface area contributed by atoms with Crippen molar-refractivity contribution in [2.24, 2.45) is 0 Å². The molecule has 0 radical (unpaired) electrons. The van der Waals surface area contributed by atoms with Crippen LogP contribution >= 0.6 is 0 Å². The number of benzene rings is 4. The van der Waals surface area contributed by atoms with E-state index in [-0.39, 0.29) is 0 Å². The molecule has 4 aromatic carbocycles. The normalized spacial score (nSPS) is 14.3. The molecule has 0 bridgehead atoms. The third-order valence-corrected chi connectivity index (χ3v) is 4.52. The fourth-order valence-electron chi connectivity index (χ4n) is 3.72. The van der Waals surface area contributed by atoms with Gasteiger partial charge in [-0.3, -0.25) is 0 Å². The van der Waals surface area contributed by atoms with Gasteiger partial charge >= 0.3 is 0 Å². The van der Waals surface area contributed by atoms with Crippen LogP contribution in [0.2, 0.25) is 0 Å². The zero-order valence-corrected chi connectivity index (χ0v) is 10.6. The van der Waals surface area contributed by atoms with E-state index >= 15 is 0 Å². The van der Waals surface area contributed by atoms with Crippen LogP contribution in [0.1, 0.15) is 17.5 Å². The van der Waals surface area contributed by atoms with E-state index in [9.17, 15) is 0 Å². The molecule has 4 aromatic rings. The first kappa shape index (κ1) is 9.69. The van der Waals surface area contributed by atoms with Crippen LogP contribution in [0.25, 0.3) is 32.3 Å². The molecular weight excluding hydrogens is 228 g/mol. The van der Waals surface area contributed by atoms with Crippen LogP contribution in [0, 0.1) is 6.42 Å². The molecular formula is C19H13+. The van der Waals surface area contributed by atoms with Crippen molar-refractivity contribution < 1.29 is 0 Å². The van der Waals surface area contributed by atoms with Crippen molar-refractivity contribution >= 4 is 32.3 Å². The van der Waals surface area contributed by atoms with Crippen molar-refractivity contribution in [1.29, 1.82) is 0 Å². The Kier molecular flexibility index (Phi) is 1.64. The highest BCUT2D eigenvalue weighted by Crippen LogP contribution is 2.40. The van der Waals surface area contributed by atoms with E-state index in [0.29, 0.717) is 0 Å². The lowest BCUT2D eigenvalue weighted by Gasteiger charge is -2.15. The summed E-state index contributed by atoms with van der Waals surface area (Å²) in [5.74, 6) is 0. The molecule has 0 heterocycles. The smallest absolute Gasteiger partial charge is 0.0610 e. The van der Waals surface area contributed by atoms with Gasteiger partial charge in [0.25, 0.3) is 0 Å². The van der Waals surface area contributed by atoms with Crippen LogP contribution < -0.4 is 0 Å². The van der Waals surface area contributed by atoms with Crippen molar-refractivity contribution in [3.63, 3.8) is 0 Å². The van der Waals surface area contributed by atoms with Crippen LogP contribution in [-0.2, 0) is 6.42 Å². The Bertz CT molecular complexity index is 931. The standard InChI is InChI=1S/C19H13/c1-3-12-7-9-14-10-8-13-4-2-6-16-11-15(5-1)17(12)19(14)18(13)16/h1,3-5,7-11H,2,6H2/q+1. The third kappa shape index (κ3) is 1.12. The highest BCUT2D eigenvalue weighted by Gasteiger charge is 2.23. The molecule has 88 valence electrons. The minimum atomic E-state index is 1.17. The maximum Gasteiger partial charge on any atom is 0.138 e. The van der Waals surface area contributed by atoms with Gasteiger partial charge in [-0.25, -0.2) is 0 Å². The first-order valence-corrected chi connectivity index (χ1v) is 6.94. The molecule has 0 spiro atoms.